The fourth-order valence-electron chi connectivity index (χ4n) is 4.62. The minimum atomic E-state index is -2.39. The maximum atomic E-state index is 12.7. The summed E-state index contributed by atoms with van der Waals surface area (Å²) in [6.45, 7) is 0.0409. The molecule has 0 saturated heterocycles. The van der Waals surface area contributed by atoms with E-state index in [2.05, 4.69) is 20.3 Å². The second-order valence-electron chi connectivity index (χ2n) is 8.33. The number of halogens is 2. The van der Waals surface area contributed by atoms with Gasteiger partial charge in [-0.3, -0.25) is 4.90 Å². The molecule has 0 fully saturated rings. The number of fused-ring (bicyclic) bond motifs is 2. The Labute approximate surface area is 188 Å². The molecule has 2 aliphatic carbocycles. The molecular weight excluding hydrogens is 434 g/mol. The Morgan fingerprint density at radius 2 is 1.72 bits per heavy atom. The standard InChI is InChI=1S/C23H26F2N4O2S/c1-29(14-21(24)25)13-15-8-10-18(11-9-15)32(28-31)27-23(30)26-22-19-6-2-4-16(19)12-17-5-3-7-20(17)22/h8-12,21H,2-7,13-14H2,1H3,(H,26,30). The molecule has 32 heavy (non-hydrogen) atoms. The minimum absolute atomic E-state index is 0.315. The zero-order chi connectivity index (χ0) is 22.7. The van der Waals surface area contributed by atoms with Crippen molar-refractivity contribution in [2.45, 2.75) is 56.4 Å². The van der Waals surface area contributed by atoms with Crippen molar-refractivity contribution in [2.24, 2.45) is 8.94 Å². The lowest BCUT2D eigenvalue weighted by molar-refractivity contribution is 0.0975. The molecular formula is C23H26F2N4O2S. The van der Waals surface area contributed by atoms with Crippen LogP contribution in [0.2, 0.25) is 0 Å². The summed E-state index contributed by atoms with van der Waals surface area (Å²) < 4.78 is 32.1. The molecule has 2 aliphatic rings. The first-order valence-electron chi connectivity index (χ1n) is 10.8. The van der Waals surface area contributed by atoms with Gasteiger partial charge in [0, 0.05) is 21.7 Å². The van der Waals surface area contributed by atoms with E-state index in [4.69, 9.17) is 0 Å². The Balaban J connectivity index is 1.50. The minimum Gasteiger partial charge on any atom is -0.305 e. The Morgan fingerprint density at radius 1 is 1.09 bits per heavy atom. The van der Waals surface area contributed by atoms with Gasteiger partial charge in [-0.1, -0.05) is 18.2 Å². The summed E-state index contributed by atoms with van der Waals surface area (Å²) in [4.78, 5) is 26.2. The summed E-state index contributed by atoms with van der Waals surface area (Å²) in [5.41, 5.74) is 6.72. The van der Waals surface area contributed by atoms with Gasteiger partial charge >= 0.3 is 6.03 Å². The Kier molecular flexibility index (Phi) is 7.05. The van der Waals surface area contributed by atoms with Crippen molar-refractivity contribution >= 4 is 22.6 Å². The number of alkyl halides is 2. The summed E-state index contributed by atoms with van der Waals surface area (Å²) in [5, 5.41) is 2.96. The fraction of sp³-hybridized carbons (Fsp3) is 0.435. The van der Waals surface area contributed by atoms with Gasteiger partial charge < -0.3 is 5.32 Å². The predicted octanol–water partition coefficient (Wildman–Crippen LogP) is 5.44. The third kappa shape index (κ3) is 5.10. The maximum absolute atomic E-state index is 12.7. The van der Waals surface area contributed by atoms with Crippen LogP contribution in [0.15, 0.2) is 44.2 Å². The number of benzene rings is 2. The van der Waals surface area contributed by atoms with Crippen molar-refractivity contribution in [3.63, 3.8) is 0 Å². The molecule has 9 heteroatoms. The maximum Gasteiger partial charge on any atom is 0.353 e. The number of hydrogen-bond donors (Lipinski definition) is 1. The van der Waals surface area contributed by atoms with Crippen LogP contribution in [0, 0.1) is 4.91 Å². The lowest BCUT2D eigenvalue weighted by atomic mass is 9.99. The van der Waals surface area contributed by atoms with E-state index >= 15 is 0 Å². The number of amides is 2. The first-order chi connectivity index (χ1) is 15.4. The molecule has 0 aromatic heterocycles. The number of carbonyl (C=O) groups excluding carboxylic acids is 1. The predicted molar refractivity (Wildman–Crippen MR) is 122 cm³/mol. The van der Waals surface area contributed by atoms with E-state index in [0.29, 0.717) is 11.4 Å². The van der Waals surface area contributed by atoms with Crippen molar-refractivity contribution in [2.75, 3.05) is 18.9 Å². The number of hydrogen-bond acceptors (Lipinski definition) is 3. The molecule has 2 aromatic rings. The van der Waals surface area contributed by atoms with E-state index in [1.807, 2.05) is 0 Å². The molecule has 0 spiro atoms. The average Bonchev–Trinajstić information content (AvgIpc) is 3.41. The number of nitroso groups, excluding NO2 is 1. The number of rotatable bonds is 7. The average molecular weight is 461 g/mol. The smallest absolute Gasteiger partial charge is 0.305 e. The third-order valence-corrected chi connectivity index (χ3v) is 7.16. The van der Waals surface area contributed by atoms with Gasteiger partial charge in [-0.25, -0.2) is 13.6 Å². The van der Waals surface area contributed by atoms with E-state index in [0.717, 1.165) is 49.8 Å². The van der Waals surface area contributed by atoms with Crippen LogP contribution in [0.1, 0.15) is 40.7 Å². The van der Waals surface area contributed by atoms with Gasteiger partial charge in [-0.2, -0.15) is 0 Å². The van der Waals surface area contributed by atoms with Crippen molar-refractivity contribution in [1.82, 2.24) is 4.90 Å². The van der Waals surface area contributed by atoms with Gasteiger partial charge in [0.25, 0.3) is 6.43 Å². The summed E-state index contributed by atoms with van der Waals surface area (Å²) in [6.07, 6.45) is 3.71. The number of anilines is 1. The second-order valence-corrected chi connectivity index (χ2v) is 9.66. The highest BCUT2D eigenvalue weighted by molar-refractivity contribution is 7.86. The first-order valence-corrected chi connectivity index (χ1v) is 11.9. The monoisotopic (exact) mass is 460 g/mol. The van der Waals surface area contributed by atoms with Crippen LogP contribution in [-0.2, 0) is 43.1 Å². The largest absolute Gasteiger partial charge is 0.353 e. The molecule has 4 rings (SSSR count). The Bertz CT molecular complexity index is 1020. The molecule has 1 unspecified atom stereocenters. The van der Waals surface area contributed by atoms with Crippen molar-refractivity contribution in [3.05, 3.63) is 63.1 Å². The summed E-state index contributed by atoms with van der Waals surface area (Å²) in [5.74, 6) is 0. The Hall–Kier alpha value is -2.52. The van der Waals surface area contributed by atoms with Crippen LogP contribution >= 0.6 is 0 Å². The lowest BCUT2D eigenvalue weighted by Gasteiger charge is -2.16. The van der Waals surface area contributed by atoms with Gasteiger partial charge in [0.1, 0.15) is 10.9 Å². The van der Waals surface area contributed by atoms with Gasteiger partial charge in [0.05, 0.1) is 6.54 Å². The van der Waals surface area contributed by atoms with Crippen LogP contribution in [0.25, 0.3) is 0 Å². The SMILES string of the molecule is CN(Cc1ccc(/S(N=O)=N\C(=O)Nc2c3c(cc4c2CCC4)CCC3)cc1)CC(F)F. The topological polar surface area (TPSA) is 74.1 Å². The molecule has 0 radical (unpaired) electrons. The van der Waals surface area contributed by atoms with E-state index in [9.17, 15) is 18.5 Å². The van der Waals surface area contributed by atoms with E-state index in [-0.39, 0.29) is 6.54 Å². The van der Waals surface area contributed by atoms with Crippen molar-refractivity contribution in [1.29, 1.82) is 0 Å². The first kappa shape index (κ1) is 22.7. The molecule has 1 atom stereocenters. The molecule has 0 aliphatic heterocycles. The van der Waals surface area contributed by atoms with Gasteiger partial charge in [0.15, 0.2) is 0 Å². The molecule has 2 aromatic carbocycles. The summed E-state index contributed by atoms with van der Waals surface area (Å²) in [7, 11) is 0.143. The highest BCUT2D eigenvalue weighted by atomic mass is 32.2. The van der Waals surface area contributed by atoms with Crippen LogP contribution < -0.4 is 5.32 Å². The normalized spacial score (nSPS) is 15.8. The fourth-order valence-corrected chi connectivity index (χ4v) is 5.42. The number of nitrogens with zero attached hydrogens (tertiary/aromatic N) is 3. The Morgan fingerprint density at radius 3 is 2.28 bits per heavy atom. The molecule has 170 valence electrons. The van der Waals surface area contributed by atoms with Crippen LogP contribution in [0.4, 0.5) is 19.3 Å². The zero-order valence-corrected chi connectivity index (χ0v) is 18.8. The molecule has 1 N–H and O–H groups in total. The molecule has 0 saturated carbocycles. The van der Waals surface area contributed by atoms with Gasteiger partial charge in [0.2, 0.25) is 0 Å². The van der Waals surface area contributed by atoms with Crippen LogP contribution in [0.3, 0.4) is 0 Å². The summed E-state index contributed by atoms with van der Waals surface area (Å²) in [6, 6.07) is 8.55. The third-order valence-electron chi connectivity index (χ3n) is 5.98. The zero-order valence-electron chi connectivity index (χ0n) is 17.9. The van der Waals surface area contributed by atoms with Gasteiger partial charge in [-0.05, 0) is 85.5 Å². The highest BCUT2D eigenvalue weighted by Gasteiger charge is 2.25. The number of urea groups is 1. The molecule has 0 bridgehead atoms. The number of aryl methyl sites for hydroxylation is 2. The van der Waals surface area contributed by atoms with Gasteiger partial charge in [-0.15, -0.1) is 9.27 Å². The molecule has 2 amide bonds. The van der Waals surface area contributed by atoms with Crippen molar-refractivity contribution in [3.8, 4) is 0 Å². The second kappa shape index (κ2) is 9.95. The van der Waals surface area contributed by atoms with Crippen LogP contribution in [-0.4, -0.2) is 30.9 Å². The number of carbonyl (C=O) groups is 1. The van der Waals surface area contributed by atoms with E-state index in [1.165, 1.54) is 27.2 Å². The highest BCUT2D eigenvalue weighted by Crippen LogP contribution is 2.38. The van der Waals surface area contributed by atoms with E-state index < -0.39 is 23.3 Å². The molecule has 6 nitrogen and oxygen atoms in total. The summed E-state index contributed by atoms with van der Waals surface area (Å²) >= 11 is 0. The van der Waals surface area contributed by atoms with Crippen LogP contribution in [0.5, 0.6) is 0 Å². The quantitative estimate of drug-likeness (QED) is 0.560. The van der Waals surface area contributed by atoms with E-state index in [1.54, 1.807) is 31.3 Å². The molecule has 0 heterocycles. The number of nitrogens with one attached hydrogen (secondary N) is 1. The lowest BCUT2D eigenvalue weighted by Crippen LogP contribution is -2.24. The van der Waals surface area contributed by atoms with Crippen molar-refractivity contribution < 1.29 is 13.6 Å².